The predicted molar refractivity (Wildman–Crippen MR) is 89.2 cm³/mol. The van der Waals surface area contributed by atoms with Crippen LogP contribution in [0.5, 0.6) is 0 Å². The highest BCUT2D eigenvalue weighted by atomic mass is 32.1. The van der Waals surface area contributed by atoms with E-state index in [-0.39, 0.29) is 5.91 Å². The van der Waals surface area contributed by atoms with Gasteiger partial charge in [0.15, 0.2) is 0 Å². The van der Waals surface area contributed by atoms with Gasteiger partial charge in [0, 0.05) is 44.1 Å². The largest absolute Gasteiger partial charge is 0.345 e. The molecular weight excluding hydrogens is 296 g/mol. The number of carbonyl (C=O) groups is 1. The van der Waals surface area contributed by atoms with E-state index in [0.717, 1.165) is 36.5 Å². The molecule has 0 aromatic carbocycles. The molecule has 0 saturated heterocycles. The molecule has 2 aromatic heterocycles. The normalized spacial score (nSPS) is 11.0. The van der Waals surface area contributed by atoms with Crippen LogP contribution in [0.3, 0.4) is 0 Å². The molecule has 5 nitrogen and oxygen atoms in total. The Labute approximate surface area is 136 Å². The number of aromatic nitrogens is 3. The number of hydrogen-bond donors (Lipinski definition) is 0. The molecule has 0 unspecified atom stereocenters. The van der Waals surface area contributed by atoms with Gasteiger partial charge in [0.2, 0.25) is 5.91 Å². The SMILES string of the molecule is Cc1ncsc1CCN(C)C(=O)CCc1c(C)nn(C)c1C. The van der Waals surface area contributed by atoms with Crippen LogP contribution in [0.15, 0.2) is 5.51 Å². The fourth-order valence-electron chi connectivity index (χ4n) is 2.56. The molecule has 0 aliphatic heterocycles. The molecular formula is C16H24N4OS. The molecule has 0 atom stereocenters. The Morgan fingerprint density at radius 1 is 1.27 bits per heavy atom. The van der Waals surface area contributed by atoms with E-state index in [1.807, 2.05) is 43.0 Å². The molecule has 1 amide bonds. The quantitative estimate of drug-likeness (QED) is 0.821. The molecule has 2 aromatic rings. The maximum Gasteiger partial charge on any atom is 0.222 e. The molecule has 6 heteroatoms. The van der Waals surface area contributed by atoms with Crippen molar-refractivity contribution in [2.75, 3.05) is 13.6 Å². The lowest BCUT2D eigenvalue weighted by atomic mass is 10.1. The molecule has 2 rings (SSSR count). The number of aryl methyl sites for hydroxylation is 3. The minimum Gasteiger partial charge on any atom is -0.345 e. The van der Waals surface area contributed by atoms with Gasteiger partial charge in [-0.05, 0) is 32.8 Å². The van der Waals surface area contributed by atoms with Gasteiger partial charge in [-0.15, -0.1) is 11.3 Å². The topological polar surface area (TPSA) is 51.0 Å². The average Bonchev–Trinajstić information content (AvgIpc) is 2.98. The van der Waals surface area contributed by atoms with Crippen LogP contribution in [-0.4, -0.2) is 39.2 Å². The minimum atomic E-state index is 0.185. The summed E-state index contributed by atoms with van der Waals surface area (Å²) in [5.74, 6) is 0.185. The zero-order valence-corrected chi connectivity index (χ0v) is 14.8. The third-order valence-corrected chi connectivity index (χ3v) is 5.19. The highest BCUT2D eigenvalue weighted by Crippen LogP contribution is 2.15. The van der Waals surface area contributed by atoms with Gasteiger partial charge in [-0.1, -0.05) is 0 Å². The number of likely N-dealkylation sites (N-methyl/N-ethyl adjacent to an activating group) is 1. The van der Waals surface area contributed by atoms with Crippen molar-refractivity contribution in [2.45, 2.75) is 40.0 Å². The number of carbonyl (C=O) groups excluding carboxylic acids is 1. The number of nitrogens with zero attached hydrogens (tertiary/aromatic N) is 4. The van der Waals surface area contributed by atoms with Crippen LogP contribution >= 0.6 is 11.3 Å². The number of rotatable bonds is 6. The number of hydrogen-bond acceptors (Lipinski definition) is 4. The van der Waals surface area contributed by atoms with Crippen LogP contribution in [-0.2, 0) is 24.7 Å². The first kappa shape index (κ1) is 16.7. The molecule has 0 aliphatic carbocycles. The minimum absolute atomic E-state index is 0.185. The van der Waals surface area contributed by atoms with Crippen molar-refractivity contribution in [1.82, 2.24) is 19.7 Å². The van der Waals surface area contributed by atoms with Crippen molar-refractivity contribution >= 4 is 17.2 Å². The van der Waals surface area contributed by atoms with Gasteiger partial charge in [0.25, 0.3) is 0 Å². The molecule has 0 radical (unpaired) electrons. The first-order valence-corrected chi connectivity index (χ1v) is 8.40. The molecule has 2 heterocycles. The highest BCUT2D eigenvalue weighted by molar-refractivity contribution is 7.09. The van der Waals surface area contributed by atoms with Crippen molar-refractivity contribution in [2.24, 2.45) is 7.05 Å². The molecule has 22 heavy (non-hydrogen) atoms. The Morgan fingerprint density at radius 3 is 2.55 bits per heavy atom. The lowest BCUT2D eigenvalue weighted by Gasteiger charge is -2.17. The second-order valence-corrected chi connectivity index (χ2v) is 6.64. The van der Waals surface area contributed by atoms with E-state index in [1.54, 1.807) is 11.3 Å². The van der Waals surface area contributed by atoms with Gasteiger partial charge in [-0.2, -0.15) is 5.10 Å². The standard InChI is InChI=1S/C16H24N4OS/c1-11-14(13(3)20(5)18-11)6-7-16(21)19(4)9-8-15-12(2)17-10-22-15/h10H,6-9H2,1-5H3. The third-order valence-electron chi connectivity index (χ3n) is 4.19. The van der Waals surface area contributed by atoms with E-state index in [0.29, 0.717) is 6.42 Å². The maximum absolute atomic E-state index is 12.3. The van der Waals surface area contributed by atoms with Gasteiger partial charge in [-0.25, -0.2) is 4.98 Å². The van der Waals surface area contributed by atoms with E-state index in [9.17, 15) is 4.79 Å². The molecule has 120 valence electrons. The lowest BCUT2D eigenvalue weighted by Crippen LogP contribution is -2.29. The summed E-state index contributed by atoms with van der Waals surface area (Å²) in [5, 5.41) is 4.40. The third kappa shape index (κ3) is 3.74. The Bertz CT molecular complexity index is 659. The second kappa shape index (κ2) is 7.05. The van der Waals surface area contributed by atoms with Crippen molar-refractivity contribution in [1.29, 1.82) is 0 Å². The van der Waals surface area contributed by atoms with Gasteiger partial charge in [0.1, 0.15) is 0 Å². The highest BCUT2D eigenvalue weighted by Gasteiger charge is 2.14. The van der Waals surface area contributed by atoms with Gasteiger partial charge >= 0.3 is 0 Å². The van der Waals surface area contributed by atoms with Crippen molar-refractivity contribution < 1.29 is 4.79 Å². The fourth-order valence-corrected chi connectivity index (χ4v) is 3.33. The van der Waals surface area contributed by atoms with Crippen molar-refractivity contribution in [3.63, 3.8) is 0 Å². The smallest absolute Gasteiger partial charge is 0.222 e. The van der Waals surface area contributed by atoms with E-state index < -0.39 is 0 Å². The summed E-state index contributed by atoms with van der Waals surface area (Å²) in [6.45, 7) is 6.81. The van der Waals surface area contributed by atoms with Gasteiger partial charge in [-0.3, -0.25) is 9.48 Å². The monoisotopic (exact) mass is 320 g/mol. The summed E-state index contributed by atoms with van der Waals surface area (Å²) in [6, 6.07) is 0. The maximum atomic E-state index is 12.3. The van der Waals surface area contributed by atoms with Crippen molar-refractivity contribution in [3.8, 4) is 0 Å². The zero-order valence-electron chi connectivity index (χ0n) is 14.0. The average molecular weight is 320 g/mol. The van der Waals surface area contributed by atoms with Crippen LogP contribution in [0.4, 0.5) is 0 Å². The summed E-state index contributed by atoms with van der Waals surface area (Å²) in [4.78, 5) is 19.6. The van der Waals surface area contributed by atoms with Crippen LogP contribution in [0.2, 0.25) is 0 Å². The van der Waals surface area contributed by atoms with Crippen LogP contribution in [0.1, 0.15) is 33.9 Å². The number of amides is 1. The van der Waals surface area contributed by atoms with Crippen LogP contribution in [0, 0.1) is 20.8 Å². The van der Waals surface area contributed by atoms with E-state index in [4.69, 9.17) is 0 Å². The Hall–Kier alpha value is -1.69. The first-order chi connectivity index (χ1) is 10.4. The van der Waals surface area contributed by atoms with E-state index in [1.165, 1.54) is 10.4 Å². The summed E-state index contributed by atoms with van der Waals surface area (Å²) in [5.41, 5.74) is 6.31. The zero-order chi connectivity index (χ0) is 16.3. The van der Waals surface area contributed by atoms with Gasteiger partial charge < -0.3 is 4.90 Å². The number of thiazole rings is 1. The lowest BCUT2D eigenvalue weighted by molar-refractivity contribution is -0.129. The van der Waals surface area contributed by atoms with Crippen molar-refractivity contribution in [3.05, 3.63) is 33.0 Å². The Balaban J connectivity index is 1.85. The Morgan fingerprint density at radius 2 is 2.00 bits per heavy atom. The molecule has 0 fully saturated rings. The van der Waals surface area contributed by atoms with Crippen LogP contribution in [0.25, 0.3) is 0 Å². The fraction of sp³-hybridized carbons (Fsp3) is 0.562. The van der Waals surface area contributed by atoms with Crippen LogP contribution < -0.4 is 0 Å². The molecule has 0 aliphatic rings. The summed E-state index contributed by atoms with van der Waals surface area (Å²) in [7, 11) is 3.82. The molecule has 0 bridgehead atoms. The summed E-state index contributed by atoms with van der Waals surface area (Å²) >= 11 is 1.66. The first-order valence-electron chi connectivity index (χ1n) is 7.52. The van der Waals surface area contributed by atoms with E-state index >= 15 is 0 Å². The molecule has 0 saturated carbocycles. The Kier molecular flexibility index (Phi) is 5.34. The van der Waals surface area contributed by atoms with E-state index in [2.05, 4.69) is 17.0 Å². The van der Waals surface area contributed by atoms with Gasteiger partial charge in [0.05, 0.1) is 16.9 Å². The summed E-state index contributed by atoms with van der Waals surface area (Å²) in [6.07, 6.45) is 2.17. The summed E-state index contributed by atoms with van der Waals surface area (Å²) < 4.78 is 1.88. The molecule has 0 spiro atoms. The second-order valence-electron chi connectivity index (χ2n) is 5.70. The molecule has 0 N–H and O–H groups in total. The predicted octanol–water partition coefficient (Wildman–Crippen LogP) is 2.44.